The predicted molar refractivity (Wildman–Crippen MR) is 59.4 cm³/mol. The lowest BCUT2D eigenvalue weighted by Gasteiger charge is -2.09. The van der Waals surface area contributed by atoms with Gasteiger partial charge in [0.05, 0.1) is 0 Å². The number of rotatable bonds is 2. The van der Waals surface area contributed by atoms with Crippen LogP contribution in [0.15, 0.2) is 16.6 Å². The number of benzene rings is 1. The van der Waals surface area contributed by atoms with E-state index < -0.39 is 17.9 Å². The fourth-order valence-corrected chi connectivity index (χ4v) is 2.34. The molecule has 0 aliphatic rings. The second-order valence-corrected chi connectivity index (χ2v) is 4.55. The van der Waals surface area contributed by atoms with Crippen molar-refractivity contribution in [1.29, 1.82) is 0 Å². The number of carboxylic acid groups (broad SMARTS) is 1. The van der Waals surface area contributed by atoms with E-state index in [1.807, 2.05) is 0 Å². The molecule has 1 unspecified atom stereocenters. The van der Waals surface area contributed by atoms with Crippen molar-refractivity contribution in [1.82, 2.24) is 0 Å². The second kappa shape index (κ2) is 4.54. The number of hydrogen-bond donors (Lipinski definition) is 2. The standard InChI is InChI=1S/C8H5BrFIO3/c9-4-2-6(11)5(10)1-3(4)7(12)8(13)14/h1-2,7,12H,(H,13,14). The summed E-state index contributed by atoms with van der Waals surface area (Å²) in [6.45, 7) is 0. The van der Waals surface area contributed by atoms with Gasteiger partial charge in [-0.3, -0.25) is 0 Å². The average Bonchev–Trinajstić information content (AvgIpc) is 2.10. The third kappa shape index (κ3) is 2.43. The molecule has 0 aromatic heterocycles. The van der Waals surface area contributed by atoms with Gasteiger partial charge in [0.1, 0.15) is 5.82 Å². The first kappa shape index (κ1) is 11.9. The van der Waals surface area contributed by atoms with Gasteiger partial charge in [-0.15, -0.1) is 0 Å². The summed E-state index contributed by atoms with van der Waals surface area (Å²) in [6, 6.07) is 2.42. The van der Waals surface area contributed by atoms with E-state index in [2.05, 4.69) is 15.9 Å². The molecule has 6 heteroatoms. The highest BCUT2D eigenvalue weighted by molar-refractivity contribution is 14.1. The molecule has 0 heterocycles. The van der Waals surface area contributed by atoms with Gasteiger partial charge in [-0.05, 0) is 34.7 Å². The normalized spacial score (nSPS) is 12.6. The maximum Gasteiger partial charge on any atom is 0.337 e. The second-order valence-electron chi connectivity index (χ2n) is 2.53. The summed E-state index contributed by atoms with van der Waals surface area (Å²) in [4.78, 5) is 10.5. The highest BCUT2D eigenvalue weighted by atomic mass is 127. The van der Waals surface area contributed by atoms with E-state index in [9.17, 15) is 14.3 Å². The monoisotopic (exact) mass is 374 g/mol. The molecule has 0 fully saturated rings. The van der Waals surface area contributed by atoms with Crippen LogP contribution in [0.3, 0.4) is 0 Å². The molecule has 0 amide bonds. The van der Waals surface area contributed by atoms with Crippen molar-refractivity contribution < 1.29 is 19.4 Å². The Morgan fingerprint density at radius 2 is 2.14 bits per heavy atom. The van der Waals surface area contributed by atoms with Crippen LogP contribution in [0.1, 0.15) is 11.7 Å². The largest absolute Gasteiger partial charge is 0.479 e. The van der Waals surface area contributed by atoms with Crippen LogP contribution < -0.4 is 0 Å². The summed E-state index contributed by atoms with van der Waals surface area (Å²) in [5.41, 5.74) is 0.00964. The number of aliphatic carboxylic acids is 1. The quantitative estimate of drug-likeness (QED) is 0.617. The van der Waals surface area contributed by atoms with E-state index in [1.54, 1.807) is 22.6 Å². The van der Waals surface area contributed by atoms with Crippen molar-refractivity contribution in [2.24, 2.45) is 0 Å². The van der Waals surface area contributed by atoms with Crippen molar-refractivity contribution in [3.05, 3.63) is 31.6 Å². The minimum absolute atomic E-state index is 0.00964. The van der Waals surface area contributed by atoms with Crippen LogP contribution in [0, 0.1) is 9.39 Å². The van der Waals surface area contributed by atoms with Crippen molar-refractivity contribution in [2.45, 2.75) is 6.10 Å². The van der Waals surface area contributed by atoms with Crippen molar-refractivity contribution >= 4 is 44.5 Å². The molecule has 76 valence electrons. The number of aliphatic hydroxyl groups is 1. The summed E-state index contributed by atoms with van der Waals surface area (Å²) >= 11 is 4.83. The van der Waals surface area contributed by atoms with E-state index in [0.717, 1.165) is 6.07 Å². The van der Waals surface area contributed by atoms with Crippen LogP contribution in [-0.2, 0) is 4.79 Å². The molecular weight excluding hydrogens is 370 g/mol. The molecule has 3 nitrogen and oxygen atoms in total. The molecule has 1 rings (SSSR count). The van der Waals surface area contributed by atoms with Crippen LogP contribution in [0.2, 0.25) is 0 Å². The van der Waals surface area contributed by atoms with Gasteiger partial charge in [-0.25, -0.2) is 9.18 Å². The van der Waals surface area contributed by atoms with Gasteiger partial charge in [-0.1, -0.05) is 15.9 Å². The van der Waals surface area contributed by atoms with Crippen molar-refractivity contribution in [2.75, 3.05) is 0 Å². The first-order valence-corrected chi connectivity index (χ1v) is 5.36. The molecule has 0 spiro atoms. The molecule has 2 N–H and O–H groups in total. The third-order valence-corrected chi connectivity index (χ3v) is 3.08. The number of carbonyl (C=O) groups is 1. The summed E-state index contributed by atoms with van der Waals surface area (Å²) in [5, 5.41) is 17.7. The fourth-order valence-electron chi connectivity index (χ4n) is 0.881. The lowest BCUT2D eigenvalue weighted by Crippen LogP contribution is -2.11. The Bertz CT molecular complexity index is 383. The molecule has 0 saturated carbocycles. The Morgan fingerprint density at radius 1 is 1.57 bits per heavy atom. The topological polar surface area (TPSA) is 57.5 Å². The van der Waals surface area contributed by atoms with E-state index in [1.165, 1.54) is 6.07 Å². The van der Waals surface area contributed by atoms with E-state index in [-0.39, 0.29) is 5.56 Å². The molecule has 0 aliphatic carbocycles. The lowest BCUT2D eigenvalue weighted by atomic mass is 10.1. The summed E-state index contributed by atoms with van der Waals surface area (Å²) < 4.78 is 13.8. The zero-order chi connectivity index (χ0) is 10.9. The summed E-state index contributed by atoms with van der Waals surface area (Å²) in [5.74, 6) is -1.96. The Hall–Kier alpha value is -0.210. The molecule has 0 saturated heterocycles. The minimum atomic E-state index is -1.71. The van der Waals surface area contributed by atoms with Crippen LogP contribution in [-0.4, -0.2) is 16.2 Å². The molecule has 0 aliphatic heterocycles. The number of carboxylic acids is 1. The zero-order valence-electron chi connectivity index (χ0n) is 6.67. The van der Waals surface area contributed by atoms with Crippen molar-refractivity contribution in [3.63, 3.8) is 0 Å². The Kier molecular flexibility index (Phi) is 3.85. The van der Waals surface area contributed by atoms with Crippen LogP contribution in [0.4, 0.5) is 4.39 Å². The average molecular weight is 375 g/mol. The highest BCUT2D eigenvalue weighted by Crippen LogP contribution is 2.27. The molecule has 0 bridgehead atoms. The molecule has 1 aromatic carbocycles. The number of halogens is 3. The van der Waals surface area contributed by atoms with Gasteiger partial charge in [0.25, 0.3) is 0 Å². The van der Waals surface area contributed by atoms with Gasteiger partial charge in [0, 0.05) is 13.6 Å². The zero-order valence-corrected chi connectivity index (χ0v) is 10.4. The van der Waals surface area contributed by atoms with Crippen LogP contribution in [0.25, 0.3) is 0 Å². The van der Waals surface area contributed by atoms with Gasteiger partial charge >= 0.3 is 5.97 Å². The van der Waals surface area contributed by atoms with E-state index >= 15 is 0 Å². The molecular formula is C8H5BrFIO3. The third-order valence-electron chi connectivity index (χ3n) is 1.57. The summed E-state index contributed by atoms with van der Waals surface area (Å²) in [7, 11) is 0. The fraction of sp³-hybridized carbons (Fsp3) is 0.125. The van der Waals surface area contributed by atoms with Crippen molar-refractivity contribution in [3.8, 4) is 0 Å². The lowest BCUT2D eigenvalue weighted by molar-refractivity contribution is -0.147. The molecule has 1 aromatic rings. The van der Waals surface area contributed by atoms with Gasteiger partial charge in [-0.2, -0.15) is 0 Å². The maximum absolute atomic E-state index is 13.1. The number of hydrogen-bond acceptors (Lipinski definition) is 2. The van der Waals surface area contributed by atoms with Gasteiger partial charge < -0.3 is 10.2 Å². The Morgan fingerprint density at radius 3 is 2.64 bits per heavy atom. The van der Waals surface area contributed by atoms with Gasteiger partial charge in [0.15, 0.2) is 6.10 Å². The van der Waals surface area contributed by atoms with Crippen LogP contribution >= 0.6 is 38.5 Å². The maximum atomic E-state index is 13.1. The Balaban J connectivity index is 3.22. The minimum Gasteiger partial charge on any atom is -0.479 e. The molecule has 0 radical (unpaired) electrons. The van der Waals surface area contributed by atoms with Crippen LogP contribution in [0.5, 0.6) is 0 Å². The van der Waals surface area contributed by atoms with E-state index in [0.29, 0.717) is 8.04 Å². The smallest absolute Gasteiger partial charge is 0.337 e. The summed E-state index contributed by atoms with van der Waals surface area (Å²) in [6.07, 6.45) is -1.71. The molecule has 14 heavy (non-hydrogen) atoms. The SMILES string of the molecule is O=C(O)C(O)c1cc(F)c(I)cc1Br. The molecule has 1 atom stereocenters. The highest BCUT2D eigenvalue weighted by Gasteiger charge is 2.20. The first-order valence-electron chi connectivity index (χ1n) is 3.48. The Labute approximate surface area is 101 Å². The van der Waals surface area contributed by atoms with Gasteiger partial charge in [0.2, 0.25) is 0 Å². The van der Waals surface area contributed by atoms with E-state index in [4.69, 9.17) is 5.11 Å². The number of aliphatic hydroxyl groups excluding tert-OH is 1. The first-order chi connectivity index (χ1) is 6.43. The predicted octanol–water partition coefficient (Wildman–Crippen LogP) is 2.31.